The minimum atomic E-state index is -1.17. The maximum atomic E-state index is 11.1. The standard InChI is InChI=1S/C7H12N6O3S2/c1-8-6(10-14)5-7(12-16-11-5)17-3-4-2-9-18(15)13-4/h4,9,13-14H,2-3H2,1H3,(H,8,10)/t4-,18?/m1/s1. The van der Waals surface area contributed by atoms with Crippen molar-refractivity contribution in [2.75, 3.05) is 19.3 Å². The Balaban J connectivity index is 1.95. The maximum Gasteiger partial charge on any atom is 0.197 e. The first kappa shape index (κ1) is 13.4. The van der Waals surface area contributed by atoms with Gasteiger partial charge in [0.2, 0.25) is 0 Å². The van der Waals surface area contributed by atoms with Crippen molar-refractivity contribution in [2.24, 2.45) is 5.16 Å². The Hall–Kier alpha value is -1.01. The molecule has 2 heterocycles. The summed E-state index contributed by atoms with van der Waals surface area (Å²) in [7, 11) is 1.60. The molecule has 11 heteroatoms. The molecule has 9 nitrogen and oxygen atoms in total. The fraction of sp³-hybridized carbons (Fsp3) is 0.571. The van der Waals surface area contributed by atoms with Crippen molar-refractivity contribution in [3.8, 4) is 0 Å². The van der Waals surface area contributed by atoms with Crippen LogP contribution in [0.15, 0.2) is 14.8 Å². The molecule has 18 heavy (non-hydrogen) atoms. The zero-order valence-electron chi connectivity index (χ0n) is 9.41. The smallest absolute Gasteiger partial charge is 0.197 e. The summed E-state index contributed by atoms with van der Waals surface area (Å²) in [5, 5.41) is 22.4. The average molecular weight is 292 g/mol. The minimum Gasteiger partial charge on any atom is -0.579 e. The normalized spacial score (nSPS) is 24.4. The number of hydrogen-bond acceptors (Lipinski definition) is 9. The molecule has 1 saturated heterocycles. The van der Waals surface area contributed by atoms with E-state index in [2.05, 4.69) is 34.9 Å². The Kier molecular flexibility index (Phi) is 4.66. The maximum absolute atomic E-state index is 11.1. The highest BCUT2D eigenvalue weighted by Gasteiger charge is 2.27. The molecule has 1 aliphatic heterocycles. The summed E-state index contributed by atoms with van der Waals surface area (Å²) in [6.45, 7) is 0.618. The predicted molar refractivity (Wildman–Crippen MR) is 65.5 cm³/mol. The number of nitrogens with one attached hydrogen (secondary N) is 3. The Morgan fingerprint density at radius 3 is 3.22 bits per heavy atom. The van der Waals surface area contributed by atoms with Crippen LogP contribution in [0, 0.1) is 0 Å². The number of thioether (sulfide) groups is 1. The first-order chi connectivity index (χ1) is 8.74. The number of oxime groups is 1. The van der Waals surface area contributed by atoms with E-state index in [1.165, 1.54) is 11.8 Å². The number of nitrogens with zero attached hydrogens (tertiary/aromatic N) is 3. The van der Waals surface area contributed by atoms with Crippen molar-refractivity contribution in [3.63, 3.8) is 0 Å². The second kappa shape index (κ2) is 6.24. The van der Waals surface area contributed by atoms with Gasteiger partial charge in [-0.2, -0.15) is 0 Å². The Morgan fingerprint density at radius 1 is 1.78 bits per heavy atom. The summed E-state index contributed by atoms with van der Waals surface area (Å²) in [4.78, 5) is 0. The Bertz CT molecular complexity index is 427. The monoisotopic (exact) mass is 292 g/mol. The van der Waals surface area contributed by atoms with E-state index in [0.29, 0.717) is 23.0 Å². The van der Waals surface area contributed by atoms with Gasteiger partial charge in [0, 0.05) is 12.8 Å². The van der Waals surface area contributed by atoms with Gasteiger partial charge in [0.1, 0.15) is 11.5 Å². The van der Waals surface area contributed by atoms with Crippen LogP contribution in [-0.2, 0) is 11.5 Å². The average Bonchev–Trinajstić information content (AvgIpc) is 2.98. The van der Waals surface area contributed by atoms with E-state index in [4.69, 9.17) is 5.21 Å². The molecule has 1 unspecified atom stereocenters. The lowest BCUT2D eigenvalue weighted by Gasteiger charge is -2.05. The van der Waals surface area contributed by atoms with Gasteiger partial charge in [-0.3, -0.25) is 0 Å². The van der Waals surface area contributed by atoms with E-state index >= 15 is 0 Å². The Morgan fingerprint density at radius 2 is 2.61 bits per heavy atom. The van der Waals surface area contributed by atoms with Crippen LogP contribution in [0.25, 0.3) is 0 Å². The number of rotatable bonds is 4. The number of aromatic nitrogens is 2. The molecular formula is C7H12N6O3S2. The van der Waals surface area contributed by atoms with Crippen molar-refractivity contribution < 1.29 is 14.4 Å². The van der Waals surface area contributed by atoms with E-state index in [1.807, 2.05) is 0 Å². The molecule has 0 aromatic carbocycles. The molecular weight excluding hydrogens is 280 g/mol. The molecule has 0 saturated carbocycles. The molecule has 0 aliphatic carbocycles. The molecule has 0 radical (unpaired) electrons. The molecule has 0 spiro atoms. The quantitative estimate of drug-likeness (QED) is 0.133. The fourth-order valence-electron chi connectivity index (χ4n) is 1.32. The van der Waals surface area contributed by atoms with Gasteiger partial charge in [-0.15, -0.1) is 9.44 Å². The van der Waals surface area contributed by atoms with Gasteiger partial charge in [0.15, 0.2) is 16.6 Å². The second-order valence-corrected chi connectivity index (χ2v) is 5.43. The summed E-state index contributed by atoms with van der Waals surface area (Å²) in [6.07, 6.45) is 0. The van der Waals surface area contributed by atoms with Crippen LogP contribution in [-0.4, -0.2) is 51.3 Å². The molecule has 0 bridgehead atoms. The van der Waals surface area contributed by atoms with Crippen LogP contribution >= 0.6 is 11.8 Å². The van der Waals surface area contributed by atoms with Gasteiger partial charge in [0.25, 0.3) is 0 Å². The van der Waals surface area contributed by atoms with Crippen molar-refractivity contribution in [1.29, 1.82) is 0 Å². The van der Waals surface area contributed by atoms with Crippen LogP contribution in [0.3, 0.4) is 0 Å². The van der Waals surface area contributed by atoms with Gasteiger partial charge >= 0.3 is 0 Å². The van der Waals surface area contributed by atoms with Crippen molar-refractivity contribution in [3.05, 3.63) is 5.69 Å². The molecule has 100 valence electrons. The molecule has 1 aromatic rings. The van der Waals surface area contributed by atoms with E-state index in [-0.39, 0.29) is 11.9 Å². The zero-order chi connectivity index (χ0) is 13.0. The third-order valence-electron chi connectivity index (χ3n) is 2.18. The van der Waals surface area contributed by atoms with Crippen molar-refractivity contribution in [1.82, 2.24) is 25.1 Å². The van der Waals surface area contributed by atoms with E-state index in [1.54, 1.807) is 7.05 Å². The largest absolute Gasteiger partial charge is 0.579 e. The van der Waals surface area contributed by atoms with Crippen LogP contribution in [0.4, 0.5) is 0 Å². The molecule has 4 N–H and O–H groups in total. The summed E-state index contributed by atoms with van der Waals surface area (Å²) < 4.78 is 21.3. The van der Waals surface area contributed by atoms with Crippen LogP contribution in [0.5, 0.6) is 0 Å². The van der Waals surface area contributed by atoms with Crippen LogP contribution in [0.2, 0.25) is 0 Å². The summed E-state index contributed by atoms with van der Waals surface area (Å²) in [6, 6.07) is 0.0736. The lowest BCUT2D eigenvalue weighted by molar-refractivity contribution is 0.296. The predicted octanol–water partition coefficient (Wildman–Crippen LogP) is -1.34. The first-order valence-corrected chi connectivity index (χ1v) is 7.15. The van der Waals surface area contributed by atoms with E-state index < -0.39 is 11.5 Å². The highest BCUT2D eigenvalue weighted by Crippen LogP contribution is 2.20. The lowest BCUT2D eigenvalue weighted by Crippen LogP contribution is -2.29. The summed E-state index contributed by atoms with van der Waals surface area (Å²) in [5.41, 5.74) is 0.345. The van der Waals surface area contributed by atoms with Crippen LogP contribution < -0.4 is 14.8 Å². The summed E-state index contributed by atoms with van der Waals surface area (Å²) in [5.74, 6) is 0.822. The second-order valence-electron chi connectivity index (χ2n) is 3.36. The summed E-state index contributed by atoms with van der Waals surface area (Å²) >= 11 is 0.208. The van der Waals surface area contributed by atoms with Gasteiger partial charge in [-0.25, -0.2) is 4.63 Å². The Labute approximate surface area is 110 Å². The van der Waals surface area contributed by atoms with Gasteiger partial charge in [0.05, 0.1) is 12.6 Å². The first-order valence-electron chi connectivity index (χ1n) is 5.01. The third kappa shape index (κ3) is 3.05. The SMILES string of the molecule is CN/C(=N\O)c1nonc1SC[C@H]1CN[S+]([O-])N1. The fourth-order valence-corrected chi connectivity index (χ4v) is 3.25. The molecule has 2 atom stereocenters. The van der Waals surface area contributed by atoms with Crippen molar-refractivity contribution >= 4 is 29.1 Å². The molecule has 1 aromatic heterocycles. The highest BCUT2D eigenvalue weighted by molar-refractivity contribution is 7.99. The van der Waals surface area contributed by atoms with Gasteiger partial charge < -0.3 is 15.1 Å². The van der Waals surface area contributed by atoms with Crippen LogP contribution in [0.1, 0.15) is 5.69 Å². The molecule has 2 rings (SSSR count). The van der Waals surface area contributed by atoms with Gasteiger partial charge in [-0.05, 0) is 10.3 Å². The highest BCUT2D eigenvalue weighted by atomic mass is 32.2. The van der Waals surface area contributed by atoms with E-state index in [9.17, 15) is 4.55 Å². The zero-order valence-corrected chi connectivity index (χ0v) is 11.0. The third-order valence-corrected chi connectivity index (χ3v) is 4.26. The minimum absolute atomic E-state index is 0.0736. The molecule has 1 aliphatic rings. The van der Waals surface area contributed by atoms with Gasteiger partial charge in [-0.1, -0.05) is 16.9 Å². The number of hydrogen-bond donors (Lipinski definition) is 4. The van der Waals surface area contributed by atoms with Crippen molar-refractivity contribution in [2.45, 2.75) is 11.1 Å². The molecule has 0 amide bonds. The number of amidine groups is 1. The molecule has 1 fully saturated rings. The topological polar surface area (TPSA) is 131 Å². The lowest BCUT2D eigenvalue weighted by atomic mass is 10.4. The van der Waals surface area contributed by atoms with E-state index in [0.717, 1.165) is 0 Å².